The molecule has 2 aliphatic heterocycles. The van der Waals surface area contributed by atoms with Crippen molar-refractivity contribution in [2.45, 2.75) is 25.9 Å². The SMILES string of the molecule is CCC1C2CNCC2CN1Cc1cccc(OC)c1O. The van der Waals surface area contributed by atoms with Crippen LogP contribution in [0.3, 0.4) is 0 Å². The Hall–Kier alpha value is -1.26. The number of hydrogen-bond acceptors (Lipinski definition) is 4. The minimum absolute atomic E-state index is 0.292. The molecule has 1 aromatic rings. The van der Waals surface area contributed by atoms with Crippen molar-refractivity contribution in [2.75, 3.05) is 26.7 Å². The summed E-state index contributed by atoms with van der Waals surface area (Å²) < 4.78 is 5.20. The Morgan fingerprint density at radius 3 is 3.00 bits per heavy atom. The van der Waals surface area contributed by atoms with E-state index in [-0.39, 0.29) is 0 Å². The maximum Gasteiger partial charge on any atom is 0.162 e. The van der Waals surface area contributed by atoms with E-state index >= 15 is 0 Å². The predicted molar refractivity (Wildman–Crippen MR) is 79.0 cm³/mol. The Morgan fingerprint density at radius 1 is 1.40 bits per heavy atom. The molecule has 2 aliphatic rings. The molecule has 2 saturated heterocycles. The van der Waals surface area contributed by atoms with Crippen LogP contribution in [0.5, 0.6) is 11.5 Å². The molecule has 0 bridgehead atoms. The zero-order valence-electron chi connectivity index (χ0n) is 12.3. The van der Waals surface area contributed by atoms with E-state index in [2.05, 4.69) is 17.1 Å². The van der Waals surface area contributed by atoms with Crippen molar-refractivity contribution >= 4 is 0 Å². The topological polar surface area (TPSA) is 44.7 Å². The highest BCUT2D eigenvalue weighted by molar-refractivity contribution is 5.45. The molecule has 0 saturated carbocycles. The molecule has 3 atom stereocenters. The van der Waals surface area contributed by atoms with E-state index in [1.54, 1.807) is 13.2 Å². The summed E-state index contributed by atoms with van der Waals surface area (Å²) in [7, 11) is 1.60. The molecule has 2 heterocycles. The largest absolute Gasteiger partial charge is 0.504 e. The van der Waals surface area contributed by atoms with Crippen LogP contribution in [0.1, 0.15) is 18.9 Å². The van der Waals surface area contributed by atoms with Crippen LogP contribution in [0.25, 0.3) is 0 Å². The number of benzene rings is 1. The lowest BCUT2D eigenvalue weighted by Gasteiger charge is -2.27. The molecule has 4 nitrogen and oxygen atoms in total. The van der Waals surface area contributed by atoms with Gasteiger partial charge in [-0.15, -0.1) is 0 Å². The second kappa shape index (κ2) is 5.62. The molecular weight excluding hydrogens is 252 g/mol. The van der Waals surface area contributed by atoms with Crippen LogP contribution in [0.4, 0.5) is 0 Å². The van der Waals surface area contributed by atoms with Crippen molar-refractivity contribution in [2.24, 2.45) is 11.8 Å². The molecule has 0 aliphatic carbocycles. The van der Waals surface area contributed by atoms with Gasteiger partial charge in [0.25, 0.3) is 0 Å². The molecule has 20 heavy (non-hydrogen) atoms. The van der Waals surface area contributed by atoms with Crippen molar-refractivity contribution in [3.05, 3.63) is 23.8 Å². The fraction of sp³-hybridized carbons (Fsp3) is 0.625. The number of nitrogens with one attached hydrogen (secondary N) is 1. The average Bonchev–Trinajstić information content (AvgIpc) is 3.01. The summed E-state index contributed by atoms with van der Waals surface area (Å²) in [5.41, 5.74) is 0.968. The van der Waals surface area contributed by atoms with Crippen molar-refractivity contribution in [1.82, 2.24) is 10.2 Å². The van der Waals surface area contributed by atoms with E-state index in [1.165, 1.54) is 6.42 Å². The van der Waals surface area contributed by atoms with Crippen LogP contribution in [-0.4, -0.2) is 42.8 Å². The maximum absolute atomic E-state index is 10.2. The van der Waals surface area contributed by atoms with Gasteiger partial charge in [-0.1, -0.05) is 19.1 Å². The molecule has 1 aromatic carbocycles. The molecule has 0 radical (unpaired) electrons. The molecule has 0 amide bonds. The lowest BCUT2D eigenvalue weighted by Crippen LogP contribution is -2.34. The first-order valence-corrected chi connectivity index (χ1v) is 7.54. The number of nitrogens with zero attached hydrogens (tertiary/aromatic N) is 1. The summed E-state index contributed by atoms with van der Waals surface area (Å²) in [6.45, 7) is 6.50. The third kappa shape index (κ3) is 2.27. The van der Waals surface area contributed by atoms with Crippen molar-refractivity contribution < 1.29 is 9.84 Å². The molecule has 3 rings (SSSR count). The Kier molecular flexibility index (Phi) is 3.85. The van der Waals surface area contributed by atoms with Gasteiger partial charge in [0, 0.05) is 24.7 Å². The number of hydrogen-bond donors (Lipinski definition) is 2. The lowest BCUT2D eigenvalue weighted by molar-refractivity contribution is 0.207. The van der Waals surface area contributed by atoms with Gasteiger partial charge >= 0.3 is 0 Å². The molecule has 0 aromatic heterocycles. The van der Waals surface area contributed by atoms with Crippen LogP contribution in [-0.2, 0) is 6.54 Å². The standard InChI is InChI=1S/C16H24N2O2/c1-3-14-13-8-17-7-12(13)10-18(14)9-11-5-4-6-15(20-2)16(11)19/h4-6,12-14,17,19H,3,7-10H2,1-2H3. The van der Waals surface area contributed by atoms with E-state index in [4.69, 9.17) is 4.74 Å². The molecule has 0 spiro atoms. The summed E-state index contributed by atoms with van der Waals surface area (Å²) in [6.07, 6.45) is 1.17. The monoisotopic (exact) mass is 276 g/mol. The van der Waals surface area contributed by atoms with Crippen molar-refractivity contribution in [3.8, 4) is 11.5 Å². The fourth-order valence-electron chi connectivity index (χ4n) is 3.93. The van der Waals surface area contributed by atoms with Crippen molar-refractivity contribution in [3.63, 3.8) is 0 Å². The number of phenols is 1. The Morgan fingerprint density at radius 2 is 2.25 bits per heavy atom. The summed E-state index contributed by atoms with van der Waals surface area (Å²) in [4.78, 5) is 2.53. The zero-order chi connectivity index (χ0) is 14.1. The van der Waals surface area contributed by atoms with Gasteiger partial charge in [-0.2, -0.15) is 0 Å². The quantitative estimate of drug-likeness (QED) is 0.880. The summed E-state index contributed by atoms with van der Waals surface area (Å²) in [5, 5.41) is 13.8. The Labute approximate surface area is 120 Å². The number of likely N-dealkylation sites (tertiary alicyclic amines) is 1. The van der Waals surface area contributed by atoms with Gasteiger partial charge in [0.1, 0.15) is 0 Å². The maximum atomic E-state index is 10.2. The molecule has 2 fully saturated rings. The third-order valence-electron chi connectivity index (χ3n) is 4.92. The zero-order valence-corrected chi connectivity index (χ0v) is 12.3. The van der Waals surface area contributed by atoms with E-state index < -0.39 is 0 Å². The first-order chi connectivity index (χ1) is 9.74. The number of rotatable bonds is 4. The number of phenolic OH excluding ortho intramolecular Hbond substituents is 1. The molecule has 110 valence electrons. The van der Waals surface area contributed by atoms with Gasteiger partial charge in [-0.3, -0.25) is 4.90 Å². The van der Waals surface area contributed by atoms with Crippen molar-refractivity contribution in [1.29, 1.82) is 0 Å². The summed E-state index contributed by atoms with van der Waals surface area (Å²) >= 11 is 0. The number of para-hydroxylation sites is 1. The average molecular weight is 276 g/mol. The normalized spacial score (nSPS) is 29.6. The lowest BCUT2D eigenvalue weighted by atomic mass is 9.93. The first-order valence-electron chi connectivity index (χ1n) is 7.54. The highest BCUT2D eigenvalue weighted by Gasteiger charge is 2.43. The van der Waals surface area contributed by atoms with Gasteiger partial charge in [-0.25, -0.2) is 0 Å². The highest BCUT2D eigenvalue weighted by Crippen LogP contribution is 2.37. The van der Waals surface area contributed by atoms with E-state index in [1.807, 2.05) is 12.1 Å². The van der Waals surface area contributed by atoms with Gasteiger partial charge in [0.2, 0.25) is 0 Å². The van der Waals surface area contributed by atoms with E-state index in [0.29, 0.717) is 17.5 Å². The van der Waals surface area contributed by atoms with Crippen LogP contribution in [0.15, 0.2) is 18.2 Å². The van der Waals surface area contributed by atoms with Gasteiger partial charge < -0.3 is 15.2 Å². The smallest absolute Gasteiger partial charge is 0.162 e. The Bertz CT molecular complexity index is 478. The second-order valence-corrected chi connectivity index (χ2v) is 5.96. The predicted octanol–water partition coefficient (Wildman–Crippen LogP) is 1.83. The van der Waals surface area contributed by atoms with Crippen LogP contribution in [0.2, 0.25) is 0 Å². The van der Waals surface area contributed by atoms with E-state index in [0.717, 1.165) is 43.6 Å². The molecule has 3 unspecified atom stereocenters. The molecule has 2 N–H and O–H groups in total. The Balaban J connectivity index is 1.78. The number of methoxy groups -OCH3 is 1. The van der Waals surface area contributed by atoms with E-state index in [9.17, 15) is 5.11 Å². The number of aromatic hydroxyl groups is 1. The van der Waals surface area contributed by atoms with Crippen LogP contribution < -0.4 is 10.1 Å². The summed E-state index contributed by atoms with van der Waals surface area (Å²) in [6, 6.07) is 6.38. The third-order valence-corrected chi connectivity index (χ3v) is 4.92. The second-order valence-electron chi connectivity index (χ2n) is 5.96. The van der Waals surface area contributed by atoms with Gasteiger partial charge in [0.15, 0.2) is 11.5 Å². The van der Waals surface area contributed by atoms with Crippen LogP contribution >= 0.6 is 0 Å². The fourth-order valence-corrected chi connectivity index (χ4v) is 3.93. The number of fused-ring (bicyclic) bond motifs is 1. The van der Waals surface area contributed by atoms with Gasteiger partial charge in [0.05, 0.1) is 7.11 Å². The minimum atomic E-state index is 0.292. The van der Waals surface area contributed by atoms with Gasteiger partial charge in [-0.05, 0) is 37.4 Å². The molecular formula is C16H24N2O2. The number of ether oxygens (including phenoxy) is 1. The summed E-state index contributed by atoms with van der Waals surface area (Å²) in [5.74, 6) is 2.40. The minimum Gasteiger partial charge on any atom is -0.504 e. The van der Waals surface area contributed by atoms with Crippen LogP contribution in [0, 0.1) is 11.8 Å². The highest BCUT2D eigenvalue weighted by atomic mass is 16.5. The molecule has 4 heteroatoms. The first kappa shape index (κ1) is 13.7.